The van der Waals surface area contributed by atoms with E-state index in [0.717, 1.165) is 0 Å². The van der Waals surface area contributed by atoms with Crippen LogP contribution >= 0.6 is 11.6 Å². The van der Waals surface area contributed by atoms with E-state index in [1.54, 1.807) is 13.0 Å². The van der Waals surface area contributed by atoms with Gasteiger partial charge in [0.15, 0.2) is 0 Å². The second kappa shape index (κ2) is 4.90. The minimum atomic E-state index is -1.23. The summed E-state index contributed by atoms with van der Waals surface area (Å²) in [6, 6.07) is 7.06. The zero-order valence-electron chi connectivity index (χ0n) is 9.95. The van der Waals surface area contributed by atoms with Crippen molar-refractivity contribution in [1.82, 2.24) is 0 Å². The van der Waals surface area contributed by atoms with Gasteiger partial charge >= 0.3 is 5.97 Å². The Labute approximate surface area is 113 Å². The van der Waals surface area contributed by atoms with E-state index >= 15 is 0 Å². The van der Waals surface area contributed by atoms with E-state index in [1.807, 2.05) is 0 Å². The molecule has 98 valence electrons. The Kier molecular flexibility index (Phi) is 3.44. The second-order valence-corrected chi connectivity index (χ2v) is 4.53. The van der Waals surface area contributed by atoms with Crippen molar-refractivity contribution in [2.24, 2.45) is 0 Å². The minimum absolute atomic E-state index is 0.0416. The van der Waals surface area contributed by atoms with Crippen LogP contribution in [0.15, 0.2) is 30.3 Å². The Bertz CT molecular complexity index is 668. The molecule has 2 N–H and O–H groups in total. The molecule has 5 heteroatoms. The molecule has 0 radical (unpaired) electrons. The van der Waals surface area contributed by atoms with E-state index < -0.39 is 11.8 Å². The predicted molar refractivity (Wildman–Crippen MR) is 70.2 cm³/mol. The number of carboxylic acids is 1. The zero-order valence-corrected chi connectivity index (χ0v) is 10.7. The summed E-state index contributed by atoms with van der Waals surface area (Å²) < 4.78 is 13.1. The third kappa shape index (κ3) is 2.53. The molecular formula is C14H10ClFO3. The lowest BCUT2D eigenvalue weighted by atomic mass is 9.99. The minimum Gasteiger partial charge on any atom is -0.507 e. The fraction of sp³-hybridized carbons (Fsp3) is 0.0714. The van der Waals surface area contributed by atoms with Gasteiger partial charge in [0.1, 0.15) is 17.1 Å². The summed E-state index contributed by atoms with van der Waals surface area (Å²) >= 11 is 5.70. The number of halogens is 2. The molecule has 0 heterocycles. The molecule has 0 amide bonds. The molecule has 0 unspecified atom stereocenters. The number of hydrogen-bond donors (Lipinski definition) is 2. The van der Waals surface area contributed by atoms with Gasteiger partial charge in [-0.05, 0) is 47.9 Å². The number of benzene rings is 2. The number of aryl methyl sites for hydroxylation is 1. The molecule has 2 aromatic carbocycles. The Morgan fingerprint density at radius 3 is 2.47 bits per heavy atom. The molecule has 0 saturated carbocycles. The number of hydrogen-bond acceptors (Lipinski definition) is 2. The van der Waals surface area contributed by atoms with Gasteiger partial charge in [0, 0.05) is 0 Å². The van der Waals surface area contributed by atoms with Crippen molar-refractivity contribution >= 4 is 17.6 Å². The van der Waals surface area contributed by atoms with Crippen molar-refractivity contribution in [3.05, 3.63) is 52.3 Å². The van der Waals surface area contributed by atoms with Gasteiger partial charge in [0.2, 0.25) is 0 Å². The van der Waals surface area contributed by atoms with Gasteiger partial charge in [-0.2, -0.15) is 0 Å². The van der Waals surface area contributed by atoms with Gasteiger partial charge < -0.3 is 10.2 Å². The highest BCUT2D eigenvalue weighted by atomic mass is 35.5. The average Bonchev–Trinajstić information content (AvgIpc) is 2.35. The summed E-state index contributed by atoms with van der Waals surface area (Å²) in [6.07, 6.45) is 0. The predicted octanol–water partition coefficient (Wildman–Crippen LogP) is 3.86. The van der Waals surface area contributed by atoms with Crippen LogP contribution in [-0.4, -0.2) is 16.2 Å². The zero-order chi connectivity index (χ0) is 14.2. The maximum Gasteiger partial charge on any atom is 0.339 e. The average molecular weight is 281 g/mol. The van der Waals surface area contributed by atoms with Crippen molar-refractivity contribution in [3.63, 3.8) is 0 Å². The van der Waals surface area contributed by atoms with Crippen LogP contribution in [0.5, 0.6) is 5.75 Å². The highest BCUT2D eigenvalue weighted by Gasteiger charge is 2.14. The van der Waals surface area contributed by atoms with Crippen LogP contribution in [0.3, 0.4) is 0 Å². The number of carbonyl (C=O) groups is 1. The second-order valence-electron chi connectivity index (χ2n) is 4.12. The van der Waals surface area contributed by atoms with Crippen LogP contribution in [0, 0.1) is 12.7 Å². The molecular weight excluding hydrogens is 271 g/mol. The van der Waals surface area contributed by atoms with Crippen molar-refractivity contribution < 1.29 is 19.4 Å². The van der Waals surface area contributed by atoms with Crippen LogP contribution in [0.4, 0.5) is 4.39 Å². The Hall–Kier alpha value is -2.07. The smallest absolute Gasteiger partial charge is 0.339 e. The lowest BCUT2D eigenvalue weighted by molar-refractivity contribution is 0.0693. The first-order valence-electron chi connectivity index (χ1n) is 5.42. The topological polar surface area (TPSA) is 57.5 Å². The molecule has 2 aromatic rings. The fourth-order valence-electron chi connectivity index (χ4n) is 1.78. The summed E-state index contributed by atoms with van der Waals surface area (Å²) in [5, 5.41) is 18.6. The van der Waals surface area contributed by atoms with Gasteiger partial charge in [-0.3, -0.25) is 0 Å². The largest absolute Gasteiger partial charge is 0.507 e. The summed E-state index contributed by atoms with van der Waals surface area (Å²) in [5.41, 5.74) is 1.36. The van der Waals surface area contributed by atoms with Crippen LogP contribution < -0.4 is 0 Å². The van der Waals surface area contributed by atoms with Gasteiger partial charge in [-0.25, -0.2) is 9.18 Å². The summed E-state index contributed by atoms with van der Waals surface area (Å²) in [6.45, 7) is 1.59. The summed E-state index contributed by atoms with van der Waals surface area (Å²) in [7, 11) is 0. The highest BCUT2D eigenvalue weighted by Crippen LogP contribution is 2.31. The summed E-state index contributed by atoms with van der Waals surface area (Å²) in [5.74, 6) is -2.04. The normalized spacial score (nSPS) is 10.5. The maximum absolute atomic E-state index is 13.1. The summed E-state index contributed by atoms with van der Waals surface area (Å²) in [4.78, 5) is 11.0. The van der Waals surface area contributed by atoms with E-state index in [4.69, 9.17) is 16.7 Å². The van der Waals surface area contributed by atoms with Gasteiger partial charge in [-0.1, -0.05) is 17.7 Å². The number of aromatic hydroxyl groups is 1. The number of carboxylic acid groups (broad SMARTS) is 1. The SMILES string of the molecule is Cc1cc(-c2ccc(F)c(Cl)c2)cc(C(=O)O)c1O. The van der Waals surface area contributed by atoms with E-state index in [0.29, 0.717) is 16.7 Å². The Morgan fingerprint density at radius 2 is 1.89 bits per heavy atom. The van der Waals surface area contributed by atoms with Crippen molar-refractivity contribution in [2.75, 3.05) is 0 Å². The van der Waals surface area contributed by atoms with Crippen molar-refractivity contribution in [2.45, 2.75) is 6.92 Å². The number of rotatable bonds is 2. The van der Waals surface area contributed by atoms with Crippen LogP contribution in [-0.2, 0) is 0 Å². The lowest BCUT2D eigenvalue weighted by Crippen LogP contribution is -1.99. The first-order chi connectivity index (χ1) is 8.90. The third-order valence-electron chi connectivity index (χ3n) is 2.78. The molecule has 19 heavy (non-hydrogen) atoms. The van der Waals surface area contributed by atoms with E-state index in [9.17, 15) is 14.3 Å². The van der Waals surface area contributed by atoms with Crippen LogP contribution in [0.2, 0.25) is 5.02 Å². The van der Waals surface area contributed by atoms with Crippen molar-refractivity contribution in [1.29, 1.82) is 0 Å². The number of phenols is 1. The maximum atomic E-state index is 13.1. The van der Waals surface area contributed by atoms with E-state index in [-0.39, 0.29) is 16.3 Å². The van der Waals surface area contributed by atoms with E-state index in [1.165, 1.54) is 24.3 Å². The third-order valence-corrected chi connectivity index (χ3v) is 3.07. The monoisotopic (exact) mass is 280 g/mol. The molecule has 0 aromatic heterocycles. The molecule has 2 rings (SSSR count). The van der Waals surface area contributed by atoms with Crippen molar-refractivity contribution in [3.8, 4) is 16.9 Å². The first kappa shape index (κ1) is 13.4. The van der Waals surface area contributed by atoms with Crippen LogP contribution in [0.1, 0.15) is 15.9 Å². The quantitative estimate of drug-likeness (QED) is 0.878. The highest BCUT2D eigenvalue weighted by molar-refractivity contribution is 6.31. The molecule has 0 aliphatic carbocycles. The molecule has 0 aliphatic rings. The van der Waals surface area contributed by atoms with Crippen LogP contribution in [0.25, 0.3) is 11.1 Å². The molecule has 0 bridgehead atoms. The molecule has 0 saturated heterocycles. The first-order valence-corrected chi connectivity index (χ1v) is 5.80. The lowest BCUT2D eigenvalue weighted by Gasteiger charge is -2.09. The molecule has 0 spiro atoms. The van der Waals surface area contributed by atoms with Gasteiger partial charge in [-0.15, -0.1) is 0 Å². The number of aromatic carboxylic acids is 1. The van der Waals surface area contributed by atoms with Gasteiger partial charge in [0.05, 0.1) is 5.02 Å². The molecule has 0 aliphatic heterocycles. The van der Waals surface area contributed by atoms with Gasteiger partial charge in [0.25, 0.3) is 0 Å². The Balaban J connectivity index is 2.62. The Morgan fingerprint density at radius 1 is 1.21 bits per heavy atom. The molecule has 0 fully saturated rings. The van der Waals surface area contributed by atoms with E-state index in [2.05, 4.69) is 0 Å². The standard InChI is InChI=1S/C14H10ClFO3/c1-7-4-9(5-10(13(7)17)14(18)19)8-2-3-12(16)11(15)6-8/h2-6,17H,1H3,(H,18,19). The fourth-order valence-corrected chi connectivity index (χ4v) is 1.97. The molecule has 3 nitrogen and oxygen atoms in total. The molecule has 0 atom stereocenters.